The van der Waals surface area contributed by atoms with Crippen LogP contribution < -0.4 is 5.32 Å². The SMILES string of the molecule is CC(O)CNCC(O)COC(C)(C)C. The maximum absolute atomic E-state index is 9.46. The Morgan fingerprint density at radius 3 is 2.21 bits per heavy atom. The van der Waals surface area contributed by atoms with E-state index in [-0.39, 0.29) is 11.7 Å². The summed E-state index contributed by atoms with van der Waals surface area (Å²) >= 11 is 0. The molecule has 2 atom stereocenters. The van der Waals surface area contributed by atoms with Crippen LogP contribution in [0.4, 0.5) is 0 Å². The molecule has 0 aromatic carbocycles. The van der Waals surface area contributed by atoms with Crippen molar-refractivity contribution in [3.8, 4) is 0 Å². The summed E-state index contributed by atoms with van der Waals surface area (Å²) in [6, 6.07) is 0. The van der Waals surface area contributed by atoms with Gasteiger partial charge in [0.15, 0.2) is 0 Å². The molecule has 0 heterocycles. The molecule has 0 amide bonds. The molecule has 0 bridgehead atoms. The first-order chi connectivity index (χ1) is 6.31. The van der Waals surface area contributed by atoms with Gasteiger partial charge in [-0.2, -0.15) is 0 Å². The zero-order valence-electron chi connectivity index (χ0n) is 9.58. The third-order valence-corrected chi connectivity index (χ3v) is 1.53. The number of ether oxygens (including phenoxy) is 1. The predicted molar refractivity (Wildman–Crippen MR) is 56.3 cm³/mol. The van der Waals surface area contributed by atoms with Gasteiger partial charge in [-0.05, 0) is 27.7 Å². The average Bonchev–Trinajstić information content (AvgIpc) is 1.99. The lowest BCUT2D eigenvalue weighted by molar-refractivity contribution is -0.0482. The van der Waals surface area contributed by atoms with Crippen molar-refractivity contribution in [2.75, 3.05) is 19.7 Å². The summed E-state index contributed by atoms with van der Waals surface area (Å²) in [6.45, 7) is 8.80. The van der Waals surface area contributed by atoms with Crippen LogP contribution in [-0.4, -0.2) is 47.7 Å². The van der Waals surface area contributed by atoms with E-state index in [9.17, 15) is 5.11 Å². The lowest BCUT2D eigenvalue weighted by atomic mass is 10.2. The molecule has 0 spiro atoms. The van der Waals surface area contributed by atoms with Gasteiger partial charge in [-0.15, -0.1) is 0 Å². The summed E-state index contributed by atoms with van der Waals surface area (Å²) in [5.41, 5.74) is -0.217. The van der Waals surface area contributed by atoms with Gasteiger partial charge in [0.05, 0.1) is 24.4 Å². The molecule has 0 saturated heterocycles. The molecule has 0 aliphatic carbocycles. The van der Waals surface area contributed by atoms with E-state index in [4.69, 9.17) is 9.84 Å². The summed E-state index contributed by atoms with van der Waals surface area (Å²) in [6.07, 6.45) is -0.904. The Morgan fingerprint density at radius 1 is 1.21 bits per heavy atom. The number of rotatable bonds is 6. The fraction of sp³-hybridized carbons (Fsp3) is 1.00. The topological polar surface area (TPSA) is 61.7 Å². The second kappa shape index (κ2) is 6.35. The molecule has 4 heteroatoms. The number of hydrogen-bond acceptors (Lipinski definition) is 4. The Labute approximate surface area is 86.3 Å². The normalized spacial score (nSPS) is 16.7. The Kier molecular flexibility index (Phi) is 6.27. The third kappa shape index (κ3) is 9.92. The minimum Gasteiger partial charge on any atom is -0.392 e. The maximum Gasteiger partial charge on any atom is 0.0897 e. The zero-order valence-corrected chi connectivity index (χ0v) is 9.58. The Morgan fingerprint density at radius 2 is 1.79 bits per heavy atom. The molecule has 0 saturated carbocycles. The largest absolute Gasteiger partial charge is 0.392 e. The highest BCUT2D eigenvalue weighted by molar-refractivity contribution is 4.64. The number of aliphatic hydroxyl groups excluding tert-OH is 2. The molecule has 0 radical (unpaired) electrons. The molecular formula is C10H23NO3. The van der Waals surface area contributed by atoms with Crippen LogP contribution in [0.2, 0.25) is 0 Å². The van der Waals surface area contributed by atoms with Crippen molar-refractivity contribution in [2.45, 2.75) is 45.5 Å². The van der Waals surface area contributed by atoms with Crippen LogP contribution >= 0.6 is 0 Å². The summed E-state index contributed by atoms with van der Waals surface area (Å²) in [5.74, 6) is 0. The summed E-state index contributed by atoms with van der Waals surface area (Å²) < 4.78 is 5.40. The van der Waals surface area contributed by atoms with Crippen LogP contribution in [-0.2, 0) is 4.74 Å². The minimum absolute atomic E-state index is 0.217. The molecule has 0 aliphatic heterocycles. The van der Waals surface area contributed by atoms with Gasteiger partial charge in [0.1, 0.15) is 0 Å². The number of nitrogens with one attached hydrogen (secondary N) is 1. The lowest BCUT2D eigenvalue weighted by Gasteiger charge is -2.22. The van der Waals surface area contributed by atoms with Crippen molar-refractivity contribution in [3.63, 3.8) is 0 Å². The lowest BCUT2D eigenvalue weighted by Crippen LogP contribution is -2.36. The van der Waals surface area contributed by atoms with Crippen molar-refractivity contribution in [1.29, 1.82) is 0 Å². The Hall–Kier alpha value is -0.160. The second-order valence-corrected chi connectivity index (χ2v) is 4.58. The quantitative estimate of drug-likeness (QED) is 0.577. The van der Waals surface area contributed by atoms with E-state index in [1.807, 2.05) is 20.8 Å². The van der Waals surface area contributed by atoms with E-state index in [0.717, 1.165) is 0 Å². The van der Waals surface area contributed by atoms with Gasteiger partial charge in [0.25, 0.3) is 0 Å². The van der Waals surface area contributed by atoms with Crippen molar-refractivity contribution >= 4 is 0 Å². The zero-order chi connectivity index (χ0) is 11.2. The molecule has 0 fully saturated rings. The van der Waals surface area contributed by atoms with Crippen LogP contribution in [0.1, 0.15) is 27.7 Å². The summed E-state index contributed by atoms with van der Waals surface area (Å²) in [5, 5.41) is 21.3. The summed E-state index contributed by atoms with van der Waals surface area (Å²) in [4.78, 5) is 0. The van der Waals surface area contributed by atoms with Crippen molar-refractivity contribution in [3.05, 3.63) is 0 Å². The maximum atomic E-state index is 9.46. The van der Waals surface area contributed by atoms with Crippen LogP contribution in [0.15, 0.2) is 0 Å². The van der Waals surface area contributed by atoms with E-state index < -0.39 is 6.10 Å². The van der Waals surface area contributed by atoms with E-state index in [1.54, 1.807) is 6.92 Å². The van der Waals surface area contributed by atoms with Crippen LogP contribution in [0.3, 0.4) is 0 Å². The fourth-order valence-corrected chi connectivity index (χ4v) is 0.864. The molecule has 0 aromatic heterocycles. The molecule has 0 aliphatic rings. The van der Waals surface area contributed by atoms with Crippen LogP contribution in [0.5, 0.6) is 0 Å². The molecular weight excluding hydrogens is 182 g/mol. The molecule has 3 N–H and O–H groups in total. The first kappa shape index (κ1) is 13.8. The van der Waals surface area contributed by atoms with Gasteiger partial charge >= 0.3 is 0 Å². The first-order valence-corrected chi connectivity index (χ1v) is 5.02. The minimum atomic E-state index is -0.520. The Balaban J connectivity index is 3.42. The van der Waals surface area contributed by atoms with Crippen molar-refractivity contribution in [1.82, 2.24) is 5.32 Å². The van der Waals surface area contributed by atoms with E-state index >= 15 is 0 Å². The highest BCUT2D eigenvalue weighted by Gasteiger charge is 2.13. The van der Waals surface area contributed by atoms with E-state index in [2.05, 4.69) is 5.32 Å². The van der Waals surface area contributed by atoms with Gasteiger partial charge in [0.2, 0.25) is 0 Å². The van der Waals surface area contributed by atoms with Gasteiger partial charge < -0.3 is 20.3 Å². The monoisotopic (exact) mass is 205 g/mol. The van der Waals surface area contributed by atoms with Crippen molar-refractivity contribution in [2.24, 2.45) is 0 Å². The smallest absolute Gasteiger partial charge is 0.0897 e. The predicted octanol–water partition coefficient (Wildman–Crippen LogP) is 0.133. The van der Waals surface area contributed by atoms with E-state index in [1.165, 1.54) is 0 Å². The van der Waals surface area contributed by atoms with Crippen LogP contribution in [0, 0.1) is 0 Å². The van der Waals surface area contributed by atoms with Crippen molar-refractivity contribution < 1.29 is 14.9 Å². The molecule has 4 nitrogen and oxygen atoms in total. The Bertz CT molecular complexity index is 143. The number of aliphatic hydroxyl groups is 2. The summed E-state index contributed by atoms with van der Waals surface area (Å²) in [7, 11) is 0. The average molecular weight is 205 g/mol. The highest BCUT2D eigenvalue weighted by atomic mass is 16.5. The first-order valence-electron chi connectivity index (χ1n) is 5.02. The molecule has 14 heavy (non-hydrogen) atoms. The third-order valence-electron chi connectivity index (χ3n) is 1.53. The van der Waals surface area contributed by atoms with Gasteiger partial charge in [-0.1, -0.05) is 0 Å². The molecule has 2 unspecified atom stereocenters. The fourth-order valence-electron chi connectivity index (χ4n) is 0.864. The van der Waals surface area contributed by atoms with Gasteiger partial charge in [-0.25, -0.2) is 0 Å². The molecule has 0 aromatic rings. The van der Waals surface area contributed by atoms with Gasteiger partial charge in [0, 0.05) is 13.1 Å². The van der Waals surface area contributed by atoms with Crippen LogP contribution in [0.25, 0.3) is 0 Å². The standard InChI is InChI=1S/C10H23NO3/c1-8(12)5-11-6-9(13)7-14-10(2,3)4/h8-9,11-13H,5-7H2,1-4H3. The second-order valence-electron chi connectivity index (χ2n) is 4.58. The highest BCUT2D eigenvalue weighted by Crippen LogP contribution is 2.06. The number of hydrogen-bond donors (Lipinski definition) is 3. The molecule has 86 valence electrons. The van der Waals surface area contributed by atoms with E-state index in [0.29, 0.717) is 19.7 Å². The molecule has 0 rings (SSSR count). The van der Waals surface area contributed by atoms with Gasteiger partial charge in [-0.3, -0.25) is 0 Å².